The van der Waals surface area contributed by atoms with Gasteiger partial charge >= 0.3 is 0 Å². The van der Waals surface area contributed by atoms with Crippen molar-refractivity contribution in [1.82, 2.24) is 4.98 Å². The second-order valence-electron chi connectivity index (χ2n) is 2.56. The lowest BCUT2D eigenvalue weighted by atomic mass is 10.2. The smallest absolute Gasteiger partial charge is 0.0444 e. The number of alkyl halides is 1. The van der Waals surface area contributed by atoms with Gasteiger partial charge in [-0.2, -0.15) is 0 Å². The van der Waals surface area contributed by atoms with Crippen molar-refractivity contribution in [3.05, 3.63) is 35.7 Å². The van der Waals surface area contributed by atoms with Crippen molar-refractivity contribution in [2.24, 2.45) is 0 Å². The first-order chi connectivity index (χ1) is 5.84. The molecule has 0 radical (unpaired) electrons. The first-order valence-electron chi connectivity index (χ1n) is 3.98. The van der Waals surface area contributed by atoms with E-state index >= 15 is 0 Å². The molecule has 0 aliphatic heterocycles. The topological polar surface area (TPSA) is 12.9 Å². The number of rotatable bonds is 3. The summed E-state index contributed by atoms with van der Waals surface area (Å²) in [7, 11) is 0. The van der Waals surface area contributed by atoms with Crippen LogP contribution in [0.1, 0.15) is 17.7 Å². The minimum atomic E-state index is 1.02. The molecule has 2 heteroatoms. The monoisotopic (exact) mass is 225 g/mol. The van der Waals surface area contributed by atoms with E-state index in [-0.39, 0.29) is 0 Å². The molecule has 0 unspecified atom stereocenters. The summed E-state index contributed by atoms with van der Waals surface area (Å²) >= 11 is 3.37. The molecule has 0 N–H and O–H groups in total. The van der Waals surface area contributed by atoms with Crippen LogP contribution in [0.5, 0.6) is 0 Å². The fourth-order valence-electron chi connectivity index (χ4n) is 0.946. The molecule has 1 heterocycles. The summed E-state index contributed by atoms with van der Waals surface area (Å²) in [4.78, 5) is 4.19. The lowest BCUT2D eigenvalue weighted by molar-refractivity contribution is 1.18. The van der Waals surface area contributed by atoms with Gasteiger partial charge in [-0.1, -0.05) is 34.1 Å². The van der Waals surface area contributed by atoms with E-state index in [1.165, 1.54) is 5.56 Å². The van der Waals surface area contributed by atoms with Crippen LogP contribution >= 0.6 is 15.9 Å². The van der Waals surface area contributed by atoms with Crippen LogP contribution in [0.15, 0.2) is 24.4 Å². The Hall–Kier alpha value is -0.630. The Morgan fingerprint density at radius 2 is 2.42 bits per heavy atom. The van der Waals surface area contributed by atoms with Crippen LogP contribution < -0.4 is 0 Å². The van der Waals surface area contributed by atoms with Crippen molar-refractivity contribution in [1.29, 1.82) is 0 Å². The molecular weight excluding hydrogens is 214 g/mol. The van der Waals surface area contributed by atoms with Gasteiger partial charge in [-0.05, 0) is 25.0 Å². The maximum absolute atomic E-state index is 4.19. The predicted octanol–water partition coefficient (Wildman–Crippen LogP) is 3.19. The molecule has 1 rings (SSSR count). The van der Waals surface area contributed by atoms with E-state index in [9.17, 15) is 0 Å². The van der Waals surface area contributed by atoms with Crippen molar-refractivity contribution in [2.45, 2.75) is 13.3 Å². The minimum absolute atomic E-state index is 1.02. The van der Waals surface area contributed by atoms with Gasteiger partial charge in [0.1, 0.15) is 0 Å². The van der Waals surface area contributed by atoms with Crippen LogP contribution in [-0.4, -0.2) is 10.3 Å². The average molecular weight is 226 g/mol. The third-order valence-electron chi connectivity index (χ3n) is 1.62. The largest absolute Gasteiger partial charge is 0.261 e. The number of halogens is 1. The van der Waals surface area contributed by atoms with E-state index in [1.54, 1.807) is 0 Å². The Kier molecular flexibility index (Phi) is 4.01. The number of aromatic nitrogens is 1. The standard InChI is InChI=1S/C10H12BrN/c1-9-10(5-2-3-7-11)6-4-8-12-9/h2,4-6,8H,3,7H2,1H3. The van der Waals surface area contributed by atoms with Crippen molar-refractivity contribution in [3.8, 4) is 0 Å². The molecule has 0 fully saturated rings. The summed E-state index contributed by atoms with van der Waals surface area (Å²) < 4.78 is 0. The van der Waals surface area contributed by atoms with Crippen molar-refractivity contribution in [3.63, 3.8) is 0 Å². The van der Waals surface area contributed by atoms with Gasteiger partial charge in [-0.15, -0.1) is 0 Å². The van der Waals surface area contributed by atoms with E-state index in [4.69, 9.17) is 0 Å². The minimum Gasteiger partial charge on any atom is -0.261 e. The van der Waals surface area contributed by atoms with Gasteiger partial charge in [0, 0.05) is 17.2 Å². The molecule has 64 valence electrons. The normalized spacial score (nSPS) is 10.8. The van der Waals surface area contributed by atoms with Crippen LogP contribution in [0.25, 0.3) is 6.08 Å². The van der Waals surface area contributed by atoms with Crippen molar-refractivity contribution in [2.75, 3.05) is 5.33 Å². The van der Waals surface area contributed by atoms with E-state index in [2.05, 4.69) is 39.1 Å². The molecule has 0 amide bonds. The molecule has 1 aromatic rings. The molecule has 0 bridgehead atoms. The van der Waals surface area contributed by atoms with Gasteiger partial charge in [0.2, 0.25) is 0 Å². The zero-order valence-corrected chi connectivity index (χ0v) is 8.71. The Morgan fingerprint density at radius 1 is 1.58 bits per heavy atom. The highest BCUT2D eigenvalue weighted by atomic mass is 79.9. The number of nitrogens with zero attached hydrogens (tertiary/aromatic N) is 1. The second-order valence-corrected chi connectivity index (χ2v) is 3.35. The summed E-state index contributed by atoms with van der Waals surface area (Å²) in [5, 5.41) is 1.02. The van der Waals surface area contributed by atoms with E-state index < -0.39 is 0 Å². The van der Waals surface area contributed by atoms with E-state index in [0.717, 1.165) is 17.4 Å². The van der Waals surface area contributed by atoms with Gasteiger partial charge in [-0.3, -0.25) is 4.98 Å². The SMILES string of the molecule is Cc1ncccc1C=CCCBr. The van der Waals surface area contributed by atoms with E-state index in [0.29, 0.717) is 0 Å². The molecular formula is C10H12BrN. The van der Waals surface area contributed by atoms with E-state index in [1.807, 2.05) is 19.2 Å². The van der Waals surface area contributed by atoms with Crippen LogP contribution in [0.2, 0.25) is 0 Å². The van der Waals surface area contributed by atoms with Gasteiger partial charge in [-0.25, -0.2) is 0 Å². The van der Waals surface area contributed by atoms with Gasteiger partial charge in [0.25, 0.3) is 0 Å². The van der Waals surface area contributed by atoms with Crippen LogP contribution in [-0.2, 0) is 0 Å². The fraction of sp³-hybridized carbons (Fsp3) is 0.300. The quantitative estimate of drug-likeness (QED) is 0.721. The maximum Gasteiger partial charge on any atom is 0.0444 e. The lowest BCUT2D eigenvalue weighted by Crippen LogP contribution is -1.83. The molecule has 0 saturated heterocycles. The fourth-order valence-corrected chi connectivity index (χ4v) is 1.21. The van der Waals surface area contributed by atoms with Gasteiger partial charge < -0.3 is 0 Å². The zero-order valence-electron chi connectivity index (χ0n) is 7.13. The second kappa shape index (κ2) is 5.09. The Labute approximate surface area is 81.7 Å². The lowest BCUT2D eigenvalue weighted by Gasteiger charge is -1.96. The molecule has 1 aromatic heterocycles. The Bertz CT molecular complexity index is 268. The van der Waals surface area contributed by atoms with Crippen molar-refractivity contribution < 1.29 is 0 Å². The summed E-state index contributed by atoms with van der Waals surface area (Å²) in [6.45, 7) is 2.02. The first kappa shape index (κ1) is 9.46. The summed E-state index contributed by atoms with van der Waals surface area (Å²) in [6, 6.07) is 4.04. The molecule has 0 aliphatic carbocycles. The number of pyridine rings is 1. The molecule has 0 aromatic carbocycles. The summed E-state index contributed by atoms with van der Waals surface area (Å²) in [5.41, 5.74) is 2.29. The highest BCUT2D eigenvalue weighted by Crippen LogP contribution is 2.06. The first-order valence-corrected chi connectivity index (χ1v) is 5.11. The molecule has 0 spiro atoms. The molecule has 12 heavy (non-hydrogen) atoms. The number of allylic oxidation sites excluding steroid dienone is 1. The zero-order chi connectivity index (χ0) is 8.81. The Morgan fingerprint density at radius 3 is 3.08 bits per heavy atom. The number of hydrogen-bond acceptors (Lipinski definition) is 1. The van der Waals surface area contributed by atoms with Crippen LogP contribution in [0, 0.1) is 6.92 Å². The summed E-state index contributed by atoms with van der Waals surface area (Å²) in [5.74, 6) is 0. The van der Waals surface area contributed by atoms with Gasteiger partial charge in [0.05, 0.1) is 0 Å². The third kappa shape index (κ3) is 2.78. The van der Waals surface area contributed by atoms with Crippen LogP contribution in [0.3, 0.4) is 0 Å². The highest BCUT2D eigenvalue weighted by Gasteiger charge is 1.90. The average Bonchev–Trinajstić information content (AvgIpc) is 2.09. The Balaban J connectivity index is 2.68. The summed E-state index contributed by atoms with van der Waals surface area (Å²) in [6.07, 6.45) is 7.15. The number of hydrogen-bond donors (Lipinski definition) is 0. The molecule has 0 aliphatic rings. The molecule has 0 saturated carbocycles. The highest BCUT2D eigenvalue weighted by molar-refractivity contribution is 9.09. The predicted molar refractivity (Wildman–Crippen MR) is 56.4 cm³/mol. The number of aryl methyl sites for hydroxylation is 1. The van der Waals surface area contributed by atoms with Crippen molar-refractivity contribution >= 4 is 22.0 Å². The maximum atomic E-state index is 4.19. The van der Waals surface area contributed by atoms with Gasteiger partial charge in [0.15, 0.2) is 0 Å². The van der Waals surface area contributed by atoms with Crippen LogP contribution in [0.4, 0.5) is 0 Å². The molecule has 1 nitrogen and oxygen atoms in total. The third-order valence-corrected chi connectivity index (χ3v) is 2.08. The molecule has 0 atom stereocenters.